The van der Waals surface area contributed by atoms with E-state index in [2.05, 4.69) is 52.1 Å². The van der Waals surface area contributed by atoms with Crippen molar-refractivity contribution < 1.29 is 4.74 Å². The van der Waals surface area contributed by atoms with Gasteiger partial charge in [0.1, 0.15) is 5.75 Å². The van der Waals surface area contributed by atoms with Crippen LogP contribution in [-0.2, 0) is 13.0 Å². The van der Waals surface area contributed by atoms with Gasteiger partial charge in [-0.15, -0.1) is 11.3 Å². The Morgan fingerprint density at radius 2 is 2.10 bits per heavy atom. The van der Waals surface area contributed by atoms with Gasteiger partial charge in [0.05, 0.1) is 7.11 Å². The molecule has 0 saturated carbocycles. The van der Waals surface area contributed by atoms with E-state index >= 15 is 0 Å². The number of ether oxygens (including phenoxy) is 1. The molecule has 1 aromatic heterocycles. The van der Waals surface area contributed by atoms with Gasteiger partial charge in [-0.3, -0.25) is 9.89 Å². The second-order valence-electron chi connectivity index (χ2n) is 7.57. The molecule has 1 aliphatic rings. The van der Waals surface area contributed by atoms with E-state index in [1.165, 1.54) is 29.8 Å². The lowest BCUT2D eigenvalue weighted by Gasteiger charge is -2.31. The minimum atomic E-state index is 0.640. The molecule has 0 aliphatic carbocycles. The van der Waals surface area contributed by atoms with Gasteiger partial charge in [-0.05, 0) is 67.8 Å². The summed E-state index contributed by atoms with van der Waals surface area (Å²) >= 11 is 1.86. The zero-order valence-corrected chi connectivity index (χ0v) is 18.5. The van der Waals surface area contributed by atoms with Gasteiger partial charge in [0, 0.05) is 37.6 Å². The molecule has 2 N–H and O–H groups in total. The Bertz CT molecular complexity index is 730. The first-order chi connectivity index (χ1) is 14.3. The maximum absolute atomic E-state index is 5.22. The van der Waals surface area contributed by atoms with Gasteiger partial charge in [-0.1, -0.05) is 18.2 Å². The quantitative estimate of drug-likeness (QED) is 0.484. The van der Waals surface area contributed by atoms with Gasteiger partial charge in [-0.2, -0.15) is 0 Å². The van der Waals surface area contributed by atoms with Crippen LogP contribution < -0.4 is 15.4 Å². The third kappa shape index (κ3) is 7.37. The fraction of sp³-hybridized carbons (Fsp3) is 0.522. The molecule has 5 nitrogen and oxygen atoms in total. The Labute approximate surface area is 179 Å². The van der Waals surface area contributed by atoms with Gasteiger partial charge < -0.3 is 15.4 Å². The second kappa shape index (κ2) is 11.8. The Hall–Kier alpha value is -2.05. The van der Waals surface area contributed by atoms with Crippen molar-refractivity contribution in [3.63, 3.8) is 0 Å². The van der Waals surface area contributed by atoms with E-state index in [9.17, 15) is 0 Å². The van der Waals surface area contributed by atoms with Crippen LogP contribution in [0.3, 0.4) is 0 Å². The predicted molar refractivity (Wildman–Crippen MR) is 123 cm³/mol. The summed E-state index contributed by atoms with van der Waals surface area (Å²) in [6, 6.07) is 12.7. The van der Waals surface area contributed by atoms with Crippen molar-refractivity contribution in [3.8, 4) is 5.75 Å². The minimum absolute atomic E-state index is 0.640. The largest absolute Gasteiger partial charge is 0.497 e. The molecule has 2 aromatic rings. The van der Waals surface area contributed by atoms with Crippen LogP contribution >= 0.6 is 11.3 Å². The smallest absolute Gasteiger partial charge is 0.191 e. The van der Waals surface area contributed by atoms with Gasteiger partial charge in [0.2, 0.25) is 0 Å². The van der Waals surface area contributed by atoms with Crippen LogP contribution in [-0.4, -0.2) is 50.7 Å². The molecule has 1 aliphatic heterocycles. The Morgan fingerprint density at radius 1 is 1.24 bits per heavy atom. The topological polar surface area (TPSA) is 48.9 Å². The van der Waals surface area contributed by atoms with Crippen molar-refractivity contribution in [1.82, 2.24) is 15.5 Å². The fourth-order valence-electron chi connectivity index (χ4n) is 3.75. The van der Waals surface area contributed by atoms with Gasteiger partial charge in [0.15, 0.2) is 5.96 Å². The molecule has 29 heavy (non-hydrogen) atoms. The number of hydrogen-bond acceptors (Lipinski definition) is 4. The summed E-state index contributed by atoms with van der Waals surface area (Å²) in [4.78, 5) is 8.92. The van der Waals surface area contributed by atoms with Crippen LogP contribution in [0.1, 0.15) is 30.2 Å². The standard InChI is InChI=1S/C23H34N4OS/c1-3-24-23(25-13-12-19-8-10-21(28-2)11-9-19)26-16-20-6-4-14-27(17-20)18-22-7-5-15-29-22/h5,7-11,15,20H,3-4,6,12-14,16-18H2,1-2H3,(H2,24,25,26). The molecule has 158 valence electrons. The van der Waals surface area contributed by atoms with Crippen molar-refractivity contribution in [2.45, 2.75) is 32.7 Å². The average molecular weight is 415 g/mol. The monoisotopic (exact) mass is 414 g/mol. The molecular formula is C23H34N4OS. The van der Waals surface area contributed by atoms with Crippen LogP contribution in [0.2, 0.25) is 0 Å². The molecule has 1 unspecified atom stereocenters. The second-order valence-corrected chi connectivity index (χ2v) is 8.60. The first-order valence-corrected chi connectivity index (χ1v) is 11.5. The van der Waals surface area contributed by atoms with E-state index in [0.717, 1.165) is 50.9 Å². The zero-order chi connectivity index (χ0) is 20.3. The molecule has 6 heteroatoms. The van der Waals surface area contributed by atoms with Crippen LogP contribution in [0, 0.1) is 5.92 Å². The summed E-state index contributed by atoms with van der Waals surface area (Å²) in [5.41, 5.74) is 1.30. The molecule has 1 aromatic carbocycles. The molecule has 0 spiro atoms. The average Bonchev–Trinajstić information content (AvgIpc) is 3.26. The number of rotatable bonds is 9. The van der Waals surface area contributed by atoms with Crippen molar-refractivity contribution in [2.75, 3.05) is 39.8 Å². The number of guanidine groups is 1. The van der Waals surface area contributed by atoms with Crippen molar-refractivity contribution in [3.05, 3.63) is 52.2 Å². The number of piperidine rings is 1. The zero-order valence-electron chi connectivity index (χ0n) is 17.7. The number of hydrogen-bond donors (Lipinski definition) is 2. The maximum Gasteiger partial charge on any atom is 0.191 e. The van der Waals surface area contributed by atoms with E-state index in [0.29, 0.717) is 5.92 Å². The summed E-state index contributed by atoms with van der Waals surface area (Å²) < 4.78 is 5.22. The number of benzene rings is 1. The van der Waals surface area contributed by atoms with Gasteiger partial charge in [0.25, 0.3) is 0 Å². The van der Waals surface area contributed by atoms with Crippen molar-refractivity contribution in [1.29, 1.82) is 0 Å². The molecule has 0 radical (unpaired) electrons. The lowest BCUT2D eigenvalue weighted by molar-refractivity contribution is 0.172. The van der Waals surface area contributed by atoms with Crippen molar-refractivity contribution in [2.24, 2.45) is 10.9 Å². The minimum Gasteiger partial charge on any atom is -0.497 e. The fourth-order valence-corrected chi connectivity index (χ4v) is 4.49. The SMILES string of the molecule is CCNC(=NCC1CCCN(Cc2cccs2)C1)NCCc1ccc(OC)cc1. The lowest BCUT2D eigenvalue weighted by atomic mass is 9.98. The molecule has 1 saturated heterocycles. The van der Waals surface area contributed by atoms with Crippen LogP contribution in [0.5, 0.6) is 5.75 Å². The molecule has 2 heterocycles. The van der Waals surface area contributed by atoms with Crippen LogP contribution in [0.25, 0.3) is 0 Å². The summed E-state index contributed by atoms with van der Waals surface area (Å²) in [6.45, 7) is 8.18. The highest BCUT2D eigenvalue weighted by Gasteiger charge is 2.20. The van der Waals surface area contributed by atoms with Crippen molar-refractivity contribution >= 4 is 17.3 Å². The molecule has 0 amide bonds. The highest BCUT2D eigenvalue weighted by Crippen LogP contribution is 2.20. The first-order valence-electron chi connectivity index (χ1n) is 10.7. The summed E-state index contributed by atoms with van der Waals surface area (Å²) in [6.07, 6.45) is 3.51. The number of aliphatic imine (C=N–C) groups is 1. The number of methoxy groups -OCH3 is 1. The highest BCUT2D eigenvalue weighted by molar-refractivity contribution is 7.09. The summed E-state index contributed by atoms with van der Waals surface area (Å²) in [7, 11) is 1.70. The molecule has 0 bridgehead atoms. The van der Waals surface area contributed by atoms with E-state index < -0.39 is 0 Å². The highest BCUT2D eigenvalue weighted by atomic mass is 32.1. The molecule has 1 atom stereocenters. The van der Waals surface area contributed by atoms with Crippen LogP contribution in [0.4, 0.5) is 0 Å². The number of thiophene rings is 1. The van der Waals surface area contributed by atoms with E-state index in [4.69, 9.17) is 9.73 Å². The van der Waals surface area contributed by atoms with E-state index in [1.54, 1.807) is 7.11 Å². The normalized spacial score (nSPS) is 17.9. The Morgan fingerprint density at radius 3 is 2.83 bits per heavy atom. The third-order valence-electron chi connectivity index (χ3n) is 5.28. The Balaban J connectivity index is 1.44. The number of nitrogens with one attached hydrogen (secondary N) is 2. The Kier molecular flexibility index (Phi) is 8.83. The van der Waals surface area contributed by atoms with Crippen LogP contribution in [0.15, 0.2) is 46.8 Å². The summed E-state index contributed by atoms with van der Waals surface area (Å²) in [5, 5.41) is 9.03. The number of likely N-dealkylation sites (tertiary alicyclic amines) is 1. The molecule has 3 rings (SSSR count). The van der Waals surface area contributed by atoms with E-state index in [-0.39, 0.29) is 0 Å². The summed E-state index contributed by atoms with van der Waals surface area (Å²) in [5.74, 6) is 2.47. The van der Waals surface area contributed by atoms with Gasteiger partial charge >= 0.3 is 0 Å². The molecule has 1 fully saturated rings. The number of nitrogens with zero attached hydrogens (tertiary/aromatic N) is 2. The first kappa shape index (κ1) is 21.7. The maximum atomic E-state index is 5.22. The van der Waals surface area contributed by atoms with E-state index in [1.807, 2.05) is 23.5 Å². The van der Waals surface area contributed by atoms with Gasteiger partial charge in [-0.25, -0.2) is 0 Å². The third-order valence-corrected chi connectivity index (χ3v) is 6.14. The molecular weight excluding hydrogens is 380 g/mol. The lowest BCUT2D eigenvalue weighted by Crippen LogP contribution is -2.40. The predicted octanol–water partition coefficient (Wildman–Crippen LogP) is 3.77.